The molecule has 0 aliphatic carbocycles. The minimum Gasteiger partial charge on any atom is -0.394 e. The fraction of sp³-hybridized carbons (Fsp3) is 0.900. The Kier molecular flexibility index (Phi) is 34.3. The van der Waals surface area contributed by atoms with Gasteiger partial charge in [0.05, 0.1) is 32.0 Å². The van der Waals surface area contributed by atoms with Crippen molar-refractivity contribution in [2.45, 2.75) is 267 Å². The Labute approximate surface area is 386 Å². The van der Waals surface area contributed by atoms with E-state index >= 15 is 0 Å². The van der Waals surface area contributed by atoms with Crippen LogP contribution in [0.3, 0.4) is 0 Å². The van der Waals surface area contributed by atoms with Crippen LogP contribution in [0.1, 0.15) is 194 Å². The number of unbranched alkanes of at least 4 members (excludes halogenated alkanes) is 24. The molecule has 64 heavy (non-hydrogen) atoms. The van der Waals surface area contributed by atoms with E-state index in [0.717, 1.165) is 32.1 Å². The van der Waals surface area contributed by atoms with Crippen LogP contribution in [0, 0.1) is 0 Å². The van der Waals surface area contributed by atoms with Crippen molar-refractivity contribution in [2.75, 3.05) is 19.8 Å². The average molecular weight is 916 g/mol. The first kappa shape index (κ1) is 58.6. The molecule has 12 unspecified atom stereocenters. The van der Waals surface area contributed by atoms with Crippen LogP contribution < -0.4 is 5.32 Å². The smallest absolute Gasteiger partial charge is 0.220 e. The van der Waals surface area contributed by atoms with Gasteiger partial charge in [0.1, 0.15) is 48.8 Å². The van der Waals surface area contributed by atoms with Crippen molar-refractivity contribution in [1.82, 2.24) is 5.32 Å². The molecule has 0 aromatic rings. The Morgan fingerprint density at radius 2 is 1.00 bits per heavy atom. The van der Waals surface area contributed by atoms with Gasteiger partial charge >= 0.3 is 0 Å². The molecular weight excluding hydrogens is 823 g/mol. The third kappa shape index (κ3) is 24.5. The highest BCUT2D eigenvalue weighted by molar-refractivity contribution is 5.76. The van der Waals surface area contributed by atoms with Crippen LogP contribution in [-0.2, 0) is 23.7 Å². The lowest BCUT2D eigenvalue weighted by molar-refractivity contribution is -0.359. The quantitative estimate of drug-likeness (QED) is 0.0236. The van der Waals surface area contributed by atoms with Crippen molar-refractivity contribution in [2.24, 2.45) is 0 Å². The molecule has 0 bridgehead atoms. The number of carbonyl (C=O) groups is 1. The first-order chi connectivity index (χ1) is 31.1. The summed E-state index contributed by atoms with van der Waals surface area (Å²) in [6.07, 6.45) is 23.9. The lowest BCUT2D eigenvalue weighted by Gasteiger charge is -2.46. The molecule has 1 amide bonds. The average Bonchev–Trinajstić information content (AvgIpc) is 3.29. The number of ether oxygens (including phenoxy) is 4. The molecule has 0 saturated carbocycles. The molecule has 2 saturated heterocycles. The highest BCUT2D eigenvalue weighted by Gasteiger charge is 2.51. The summed E-state index contributed by atoms with van der Waals surface area (Å²) in [5.41, 5.74) is 0. The van der Waals surface area contributed by atoms with Crippen LogP contribution in [0.15, 0.2) is 24.3 Å². The monoisotopic (exact) mass is 916 g/mol. The van der Waals surface area contributed by atoms with E-state index in [-0.39, 0.29) is 18.9 Å². The fourth-order valence-electron chi connectivity index (χ4n) is 8.42. The second-order valence-corrected chi connectivity index (χ2v) is 18.3. The van der Waals surface area contributed by atoms with E-state index in [2.05, 4.69) is 31.3 Å². The van der Waals surface area contributed by atoms with E-state index in [9.17, 15) is 45.6 Å². The van der Waals surface area contributed by atoms with Gasteiger partial charge in [-0.15, -0.1) is 0 Å². The number of hydrogen-bond acceptors (Lipinski definition) is 13. The Hall–Kier alpha value is -1.53. The number of nitrogens with one attached hydrogen (secondary N) is 1. The van der Waals surface area contributed by atoms with Gasteiger partial charge in [-0.1, -0.05) is 179 Å². The number of aliphatic hydroxyl groups excluding tert-OH is 8. The molecule has 0 radical (unpaired) electrons. The van der Waals surface area contributed by atoms with Gasteiger partial charge in [-0.25, -0.2) is 0 Å². The van der Waals surface area contributed by atoms with Crippen LogP contribution in [0.5, 0.6) is 0 Å². The zero-order chi connectivity index (χ0) is 46.8. The molecule has 12 atom stereocenters. The Morgan fingerprint density at radius 3 is 1.53 bits per heavy atom. The summed E-state index contributed by atoms with van der Waals surface area (Å²) in [7, 11) is 0. The summed E-state index contributed by atoms with van der Waals surface area (Å²) in [5.74, 6) is -0.254. The van der Waals surface area contributed by atoms with E-state index in [0.29, 0.717) is 12.8 Å². The van der Waals surface area contributed by atoms with E-state index in [4.69, 9.17) is 18.9 Å². The van der Waals surface area contributed by atoms with E-state index in [1.807, 2.05) is 6.08 Å². The van der Waals surface area contributed by atoms with Gasteiger partial charge in [-0.05, 0) is 32.1 Å². The van der Waals surface area contributed by atoms with Crippen molar-refractivity contribution in [3.63, 3.8) is 0 Å². The standard InChI is InChI=1S/C50H93NO13/c1-3-5-7-9-11-13-14-15-16-17-18-19-20-21-22-23-24-25-26-27-29-31-33-39(54)38(51-42(55)34-32-30-28-12-10-8-6-4-2)37-61-49-47(60)45(58)48(41(36-53)63-49)64-50-46(59)44(57)43(56)40(35-52)62-50/h25-26,31,33,38-41,43-50,52-54,56-60H,3-24,27-30,32,34-37H2,1-2H3,(H,51,55)/b26-25+,33-31+. The van der Waals surface area contributed by atoms with Gasteiger partial charge in [0.15, 0.2) is 12.6 Å². The summed E-state index contributed by atoms with van der Waals surface area (Å²) in [6, 6.07) is -0.924. The second-order valence-electron chi connectivity index (χ2n) is 18.3. The fourth-order valence-corrected chi connectivity index (χ4v) is 8.42. The number of aliphatic hydroxyl groups is 8. The van der Waals surface area contributed by atoms with Gasteiger partial charge in [-0.2, -0.15) is 0 Å². The zero-order valence-electron chi connectivity index (χ0n) is 39.8. The maximum atomic E-state index is 13.1. The number of allylic oxidation sites excluding steroid dienone is 3. The van der Waals surface area contributed by atoms with Gasteiger partial charge in [0.25, 0.3) is 0 Å². The number of carbonyl (C=O) groups excluding carboxylic acids is 1. The molecule has 2 heterocycles. The molecule has 2 aliphatic rings. The molecule has 2 rings (SSSR count). The molecule has 0 aromatic carbocycles. The van der Waals surface area contributed by atoms with Gasteiger partial charge in [-0.3, -0.25) is 4.79 Å². The normalized spacial score (nSPS) is 27.4. The first-order valence-corrected chi connectivity index (χ1v) is 25.6. The molecular formula is C50H93NO13. The molecule has 9 N–H and O–H groups in total. The highest BCUT2D eigenvalue weighted by atomic mass is 16.7. The van der Waals surface area contributed by atoms with E-state index < -0.39 is 86.8 Å². The molecule has 0 spiro atoms. The van der Waals surface area contributed by atoms with Gasteiger partial charge in [0.2, 0.25) is 5.91 Å². The topological polar surface area (TPSA) is 228 Å². The lowest BCUT2D eigenvalue weighted by atomic mass is 9.97. The van der Waals surface area contributed by atoms with Crippen molar-refractivity contribution in [3.05, 3.63) is 24.3 Å². The lowest BCUT2D eigenvalue weighted by Crippen LogP contribution is -2.65. The minimum absolute atomic E-state index is 0.254. The number of hydrogen-bond donors (Lipinski definition) is 9. The van der Waals surface area contributed by atoms with Crippen molar-refractivity contribution in [1.29, 1.82) is 0 Å². The van der Waals surface area contributed by atoms with Crippen LogP contribution in [-0.4, -0.2) is 140 Å². The molecule has 14 heteroatoms. The highest BCUT2D eigenvalue weighted by Crippen LogP contribution is 2.30. The first-order valence-electron chi connectivity index (χ1n) is 25.6. The van der Waals surface area contributed by atoms with Crippen molar-refractivity contribution >= 4 is 5.91 Å². The zero-order valence-corrected chi connectivity index (χ0v) is 39.8. The third-order valence-electron chi connectivity index (χ3n) is 12.6. The van der Waals surface area contributed by atoms with Crippen molar-refractivity contribution < 1.29 is 64.6 Å². The molecule has 0 aromatic heterocycles. The Balaban J connectivity index is 1.80. The maximum Gasteiger partial charge on any atom is 0.220 e. The van der Waals surface area contributed by atoms with Gasteiger partial charge in [0, 0.05) is 6.42 Å². The minimum atomic E-state index is -1.79. The Morgan fingerprint density at radius 1 is 0.547 bits per heavy atom. The molecule has 2 fully saturated rings. The summed E-state index contributed by atoms with van der Waals surface area (Å²) < 4.78 is 22.6. The summed E-state index contributed by atoms with van der Waals surface area (Å²) >= 11 is 0. The van der Waals surface area contributed by atoms with Crippen LogP contribution in [0.25, 0.3) is 0 Å². The van der Waals surface area contributed by atoms with E-state index in [1.54, 1.807) is 6.08 Å². The number of rotatable bonds is 39. The maximum absolute atomic E-state index is 13.1. The molecule has 376 valence electrons. The van der Waals surface area contributed by atoms with Crippen LogP contribution in [0.2, 0.25) is 0 Å². The third-order valence-corrected chi connectivity index (χ3v) is 12.6. The largest absolute Gasteiger partial charge is 0.394 e. The Bertz CT molecular complexity index is 1170. The summed E-state index contributed by atoms with van der Waals surface area (Å²) in [4.78, 5) is 13.1. The van der Waals surface area contributed by atoms with E-state index in [1.165, 1.54) is 128 Å². The van der Waals surface area contributed by atoms with Crippen LogP contribution in [0.4, 0.5) is 0 Å². The number of amides is 1. The summed E-state index contributed by atoms with van der Waals surface area (Å²) in [5, 5.41) is 86.5. The molecule has 14 nitrogen and oxygen atoms in total. The summed E-state index contributed by atoms with van der Waals surface area (Å²) in [6.45, 7) is 2.73. The second kappa shape index (κ2) is 37.5. The predicted molar refractivity (Wildman–Crippen MR) is 249 cm³/mol. The SMILES string of the molecule is CCCCCCCCCCCCCCCCCC/C=C/CC/C=C/C(O)C(COC1OC(CO)C(OC2OC(CO)C(O)C(O)C2O)C(O)C1O)NC(=O)CCCCCCCCCC. The predicted octanol–water partition coefficient (Wildman–Crippen LogP) is 6.55. The van der Waals surface area contributed by atoms with Crippen molar-refractivity contribution in [3.8, 4) is 0 Å². The molecule has 2 aliphatic heterocycles. The van der Waals surface area contributed by atoms with Gasteiger partial charge < -0.3 is 65.1 Å². The van der Waals surface area contributed by atoms with Crippen LogP contribution >= 0.6 is 0 Å².